The maximum Gasteiger partial charge on any atom is 0.251 e. The Kier molecular flexibility index (Phi) is 8.11. The fourth-order valence-electron chi connectivity index (χ4n) is 3.29. The Morgan fingerprint density at radius 1 is 1.18 bits per heavy atom. The highest BCUT2D eigenvalue weighted by Crippen LogP contribution is 2.30. The zero-order chi connectivity index (χ0) is 17.8. The lowest BCUT2D eigenvalue weighted by Crippen LogP contribution is -2.43. The Balaban J connectivity index is 0.00000140. The van der Waals surface area contributed by atoms with E-state index in [1.54, 1.807) is 12.5 Å². The quantitative estimate of drug-likeness (QED) is 0.660. The minimum absolute atomic E-state index is 0. The number of piperazine rings is 1. The van der Waals surface area contributed by atoms with Crippen molar-refractivity contribution in [3.8, 4) is 0 Å². The molecule has 1 fully saturated rings. The number of halogens is 2. The number of furan rings is 1. The van der Waals surface area contributed by atoms with E-state index >= 15 is 0 Å². The number of nitrogens with zero attached hydrogens (tertiary/aromatic N) is 2. The Labute approximate surface area is 176 Å². The number of hydrogen-bond acceptors (Lipinski definition) is 5. The van der Waals surface area contributed by atoms with Gasteiger partial charge in [0.2, 0.25) is 0 Å². The lowest BCUT2D eigenvalue weighted by atomic mass is 10.1. The largest absolute Gasteiger partial charge is 0.462 e. The van der Waals surface area contributed by atoms with Crippen LogP contribution >= 0.6 is 24.8 Å². The average Bonchev–Trinajstić information content (AvgIpc) is 3.17. The van der Waals surface area contributed by atoms with Crippen LogP contribution in [-0.4, -0.2) is 43.6 Å². The number of rotatable bonds is 5. The Hall–Kier alpha value is -2.28. The molecule has 4 rings (SSSR count). The molecule has 3 aromatic rings. The molecule has 0 saturated carbocycles. The van der Waals surface area contributed by atoms with Crippen LogP contribution in [0.2, 0.25) is 0 Å². The third-order valence-electron chi connectivity index (χ3n) is 4.64. The van der Waals surface area contributed by atoms with Crippen LogP contribution in [0.5, 0.6) is 0 Å². The van der Waals surface area contributed by atoms with Crippen LogP contribution in [0.1, 0.15) is 16.1 Å². The van der Waals surface area contributed by atoms with Gasteiger partial charge >= 0.3 is 0 Å². The molecule has 6 nitrogen and oxygen atoms in total. The molecule has 1 aliphatic rings. The van der Waals surface area contributed by atoms with Gasteiger partial charge in [0.15, 0.2) is 5.58 Å². The van der Waals surface area contributed by atoms with Crippen molar-refractivity contribution < 1.29 is 9.21 Å². The van der Waals surface area contributed by atoms with Crippen LogP contribution in [0.15, 0.2) is 53.3 Å². The minimum atomic E-state index is -0.0691. The van der Waals surface area contributed by atoms with Crippen LogP contribution < -0.4 is 15.5 Å². The standard InChI is InChI=1S/C20H22N4O2.2ClH/c25-20(23-7-4-17-3-1-2-6-22-17)16-13-15-5-12-26-19(15)18(14-16)24-10-8-21-9-11-24;;/h1-3,5-6,12-14,21H,4,7-11H2,(H,23,25);2*1H. The fourth-order valence-corrected chi connectivity index (χ4v) is 3.29. The second kappa shape index (κ2) is 10.3. The summed E-state index contributed by atoms with van der Waals surface area (Å²) in [5.41, 5.74) is 3.47. The summed E-state index contributed by atoms with van der Waals surface area (Å²) < 4.78 is 5.67. The SMILES string of the molecule is Cl.Cl.O=C(NCCc1ccccn1)c1cc(N2CCNCC2)c2occc2c1. The molecule has 0 aliphatic carbocycles. The van der Waals surface area contributed by atoms with Crippen molar-refractivity contribution in [2.75, 3.05) is 37.6 Å². The molecule has 0 unspecified atom stereocenters. The summed E-state index contributed by atoms with van der Waals surface area (Å²) in [6, 6.07) is 11.5. The number of amides is 1. The smallest absolute Gasteiger partial charge is 0.251 e. The Bertz CT molecular complexity index is 896. The van der Waals surface area contributed by atoms with Gasteiger partial charge in [0.25, 0.3) is 5.91 Å². The lowest BCUT2D eigenvalue weighted by molar-refractivity contribution is 0.0954. The van der Waals surface area contributed by atoms with Crippen molar-refractivity contribution in [3.63, 3.8) is 0 Å². The zero-order valence-electron chi connectivity index (χ0n) is 15.4. The summed E-state index contributed by atoms with van der Waals surface area (Å²) in [6.45, 7) is 4.23. The molecule has 1 aliphatic heterocycles. The topological polar surface area (TPSA) is 70.4 Å². The second-order valence-corrected chi connectivity index (χ2v) is 6.40. The van der Waals surface area contributed by atoms with Crippen molar-refractivity contribution in [3.05, 3.63) is 60.1 Å². The Morgan fingerprint density at radius 3 is 2.75 bits per heavy atom. The molecule has 150 valence electrons. The highest BCUT2D eigenvalue weighted by atomic mass is 35.5. The van der Waals surface area contributed by atoms with Gasteiger partial charge in [-0.25, -0.2) is 0 Å². The average molecular weight is 423 g/mol. The molecule has 1 saturated heterocycles. The minimum Gasteiger partial charge on any atom is -0.462 e. The molecule has 3 heterocycles. The maximum atomic E-state index is 12.6. The van der Waals surface area contributed by atoms with Crippen molar-refractivity contribution in [1.82, 2.24) is 15.6 Å². The van der Waals surface area contributed by atoms with E-state index in [0.717, 1.165) is 48.5 Å². The number of benzene rings is 1. The second-order valence-electron chi connectivity index (χ2n) is 6.40. The predicted octanol–water partition coefficient (Wildman–Crippen LogP) is 3.05. The van der Waals surface area contributed by atoms with E-state index < -0.39 is 0 Å². The first kappa shape index (κ1) is 22.0. The van der Waals surface area contributed by atoms with Gasteiger partial charge in [-0.05, 0) is 30.3 Å². The summed E-state index contributed by atoms with van der Waals surface area (Å²) in [7, 11) is 0. The van der Waals surface area contributed by atoms with E-state index in [9.17, 15) is 4.79 Å². The molecule has 0 spiro atoms. The van der Waals surface area contributed by atoms with Crippen LogP contribution in [0.3, 0.4) is 0 Å². The highest BCUT2D eigenvalue weighted by molar-refractivity contribution is 6.02. The number of hydrogen-bond donors (Lipinski definition) is 2. The first-order valence-corrected chi connectivity index (χ1v) is 8.96. The number of nitrogens with one attached hydrogen (secondary N) is 2. The third kappa shape index (κ3) is 4.95. The molecule has 1 aromatic carbocycles. The zero-order valence-corrected chi connectivity index (χ0v) is 17.0. The summed E-state index contributed by atoms with van der Waals surface area (Å²) in [5, 5.41) is 7.30. The number of anilines is 1. The summed E-state index contributed by atoms with van der Waals surface area (Å²) in [5.74, 6) is -0.0691. The number of carbonyl (C=O) groups is 1. The molecule has 0 bridgehead atoms. The number of fused-ring (bicyclic) bond motifs is 1. The van der Waals surface area contributed by atoms with E-state index in [-0.39, 0.29) is 30.7 Å². The highest BCUT2D eigenvalue weighted by Gasteiger charge is 2.18. The summed E-state index contributed by atoms with van der Waals surface area (Å²) in [4.78, 5) is 19.2. The normalized spacial score (nSPS) is 13.5. The van der Waals surface area contributed by atoms with Gasteiger partial charge in [0, 0.05) is 62.0 Å². The summed E-state index contributed by atoms with van der Waals surface area (Å²) in [6.07, 6.45) is 4.16. The monoisotopic (exact) mass is 422 g/mol. The van der Waals surface area contributed by atoms with Gasteiger partial charge in [-0.2, -0.15) is 0 Å². The first-order valence-electron chi connectivity index (χ1n) is 8.96. The van der Waals surface area contributed by atoms with Crippen molar-refractivity contribution >= 4 is 47.4 Å². The fraction of sp³-hybridized carbons (Fsp3) is 0.300. The molecule has 0 atom stereocenters. The van der Waals surface area contributed by atoms with E-state index in [4.69, 9.17) is 4.42 Å². The number of aromatic nitrogens is 1. The van der Waals surface area contributed by atoms with Gasteiger partial charge in [-0.3, -0.25) is 9.78 Å². The maximum absolute atomic E-state index is 12.6. The van der Waals surface area contributed by atoms with E-state index in [2.05, 4.69) is 20.5 Å². The number of pyridine rings is 1. The van der Waals surface area contributed by atoms with Gasteiger partial charge in [-0.15, -0.1) is 24.8 Å². The van der Waals surface area contributed by atoms with Gasteiger partial charge in [0.1, 0.15) is 0 Å². The molecule has 1 amide bonds. The van der Waals surface area contributed by atoms with E-state index in [0.29, 0.717) is 18.5 Å². The molecule has 2 N–H and O–H groups in total. The lowest BCUT2D eigenvalue weighted by Gasteiger charge is -2.29. The summed E-state index contributed by atoms with van der Waals surface area (Å²) >= 11 is 0. The first-order chi connectivity index (χ1) is 12.8. The molecular formula is C20H24Cl2N4O2. The third-order valence-corrected chi connectivity index (χ3v) is 4.64. The van der Waals surface area contributed by atoms with Crippen molar-refractivity contribution in [2.24, 2.45) is 0 Å². The van der Waals surface area contributed by atoms with Crippen LogP contribution in [0.25, 0.3) is 11.0 Å². The Morgan fingerprint density at radius 2 is 2.00 bits per heavy atom. The van der Waals surface area contributed by atoms with Crippen LogP contribution in [0, 0.1) is 0 Å². The van der Waals surface area contributed by atoms with Gasteiger partial charge in [0.05, 0.1) is 12.0 Å². The van der Waals surface area contributed by atoms with E-state index in [1.807, 2.05) is 36.4 Å². The molecule has 8 heteroatoms. The molecule has 0 radical (unpaired) electrons. The number of carbonyl (C=O) groups excluding carboxylic acids is 1. The van der Waals surface area contributed by atoms with Crippen LogP contribution in [-0.2, 0) is 6.42 Å². The molecule has 2 aromatic heterocycles. The van der Waals surface area contributed by atoms with Gasteiger partial charge < -0.3 is 20.0 Å². The molecular weight excluding hydrogens is 399 g/mol. The van der Waals surface area contributed by atoms with Crippen molar-refractivity contribution in [2.45, 2.75) is 6.42 Å². The molecule has 28 heavy (non-hydrogen) atoms. The van der Waals surface area contributed by atoms with Crippen LogP contribution in [0.4, 0.5) is 5.69 Å². The van der Waals surface area contributed by atoms with Crippen molar-refractivity contribution in [1.29, 1.82) is 0 Å². The predicted molar refractivity (Wildman–Crippen MR) is 116 cm³/mol. The van der Waals surface area contributed by atoms with Gasteiger partial charge in [-0.1, -0.05) is 6.07 Å². The van der Waals surface area contributed by atoms with E-state index in [1.165, 1.54) is 0 Å².